The Balaban J connectivity index is 2.75. The summed E-state index contributed by atoms with van der Waals surface area (Å²) in [7, 11) is 0. The molecule has 96 valence electrons. The summed E-state index contributed by atoms with van der Waals surface area (Å²) in [5.74, 6) is 0. The Morgan fingerprint density at radius 2 is 1.82 bits per heavy atom. The SMILES string of the molecule is CCC(NC(C)C(C)(C)O)c1ccc(Cl)cc1. The molecule has 0 aromatic heterocycles. The highest BCUT2D eigenvalue weighted by atomic mass is 35.5. The van der Waals surface area contributed by atoms with Crippen molar-refractivity contribution in [1.29, 1.82) is 0 Å². The molecule has 2 nitrogen and oxygen atoms in total. The van der Waals surface area contributed by atoms with E-state index < -0.39 is 5.60 Å². The van der Waals surface area contributed by atoms with E-state index in [-0.39, 0.29) is 12.1 Å². The van der Waals surface area contributed by atoms with Crippen LogP contribution in [0.5, 0.6) is 0 Å². The average Bonchev–Trinajstić information content (AvgIpc) is 2.25. The number of halogens is 1. The summed E-state index contributed by atoms with van der Waals surface area (Å²) >= 11 is 5.88. The van der Waals surface area contributed by atoms with E-state index in [2.05, 4.69) is 12.2 Å². The monoisotopic (exact) mass is 255 g/mol. The fraction of sp³-hybridized carbons (Fsp3) is 0.571. The van der Waals surface area contributed by atoms with E-state index in [9.17, 15) is 5.11 Å². The van der Waals surface area contributed by atoms with Crippen molar-refractivity contribution in [2.24, 2.45) is 0 Å². The predicted octanol–water partition coefficient (Wildman–Crippen LogP) is 3.54. The van der Waals surface area contributed by atoms with Gasteiger partial charge in [-0.05, 0) is 44.9 Å². The smallest absolute Gasteiger partial charge is 0.0741 e. The molecule has 0 spiro atoms. The van der Waals surface area contributed by atoms with Crippen LogP contribution in [0.15, 0.2) is 24.3 Å². The molecule has 0 aliphatic rings. The first-order valence-electron chi connectivity index (χ1n) is 6.08. The second-order valence-corrected chi connectivity index (χ2v) is 5.49. The predicted molar refractivity (Wildman–Crippen MR) is 73.4 cm³/mol. The average molecular weight is 256 g/mol. The van der Waals surface area contributed by atoms with Crippen LogP contribution in [0, 0.1) is 0 Å². The van der Waals surface area contributed by atoms with Crippen molar-refractivity contribution in [3.05, 3.63) is 34.9 Å². The highest BCUT2D eigenvalue weighted by molar-refractivity contribution is 6.30. The van der Waals surface area contributed by atoms with Gasteiger partial charge in [0.2, 0.25) is 0 Å². The minimum absolute atomic E-state index is 0.0307. The third kappa shape index (κ3) is 4.30. The van der Waals surface area contributed by atoms with Crippen molar-refractivity contribution in [2.45, 2.75) is 51.8 Å². The molecular formula is C14H22ClNO. The van der Waals surface area contributed by atoms with Crippen LogP contribution in [0.2, 0.25) is 5.02 Å². The molecule has 2 atom stereocenters. The van der Waals surface area contributed by atoms with Crippen LogP contribution < -0.4 is 5.32 Å². The molecule has 1 aromatic carbocycles. The summed E-state index contributed by atoms with van der Waals surface area (Å²) in [6.07, 6.45) is 0.974. The van der Waals surface area contributed by atoms with E-state index in [1.54, 1.807) is 0 Å². The van der Waals surface area contributed by atoms with Gasteiger partial charge in [0.05, 0.1) is 5.60 Å². The third-order valence-electron chi connectivity index (χ3n) is 3.19. The van der Waals surface area contributed by atoms with E-state index in [1.807, 2.05) is 45.0 Å². The normalized spacial score (nSPS) is 15.6. The Morgan fingerprint density at radius 1 is 1.29 bits per heavy atom. The van der Waals surface area contributed by atoms with E-state index >= 15 is 0 Å². The standard InChI is InChI=1S/C14H22ClNO/c1-5-13(16-10(2)14(3,4)17)11-6-8-12(15)9-7-11/h6-10,13,16-17H,5H2,1-4H3. The molecule has 0 aliphatic heterocycles. The summed E-state index contributed by atoms with van der Waals surface area (Å²) in [6.45, 7) is 7.76. The molecule has 0 fully saturated rings. The maximum absolute atomic E-state index is 9.94. The Kier molecular flexibility index (Phi) is 4.99. The van der Waals surface area contributed by atoms with Crippen LogP contribution in [0.1, 0.15) is 45.7 Å². The van der Waals surface area contributed by atoms with Gasteiger partial charge in [-0.1, -0.05) is 30.7 Å². The zero-order valence-corrected chi connectivity index (χ0v) is 11.8. The number of benzene rings is 1. The lowest BCUT2D eigenvalue weighted by molar-refractivity contribution is 0.0395. The maximum atomic E-state index is 9.94. The van der Waals surface area contributed by atoms with Crippen molar-refractivity contribution in [3.63, 3.8) is 0 Å². The van der Waals surface area contributed by atoms with Crippen LogP contribution in [0.4, 0.5) is 0 Å². The van der Waals surface area contributed by atoms with Gasteiger partial charge in [-0.25, -0.2) is 0 Å². The van der Waals surface area contributed by atoms with Crippen molar-refractivity contribution in [3.8, 4) is 0 Å². The fourth-order valence-electron chi connectivity index (χ4n) is 1.65. The highest BCUT2D eigenvalue weighted by Gasteiger charge is 2.24. The van der Waals surface area contributed by atoms with E-state index in [0.717, 1.165) is 11.4 Å². The van der Waals surface area contributed by atoms with Gasteiger partial charge in [0, 0.05) is 17.1 Å². The van der Waals surface area contributed by atoms with Crippen molar-refractivity contribution in [2.75, 3.05) is 0 Å². The molecule has 0 amide bonds. The summed E-state index contributed by atoms with van der Waals surface area (Å²) in [4.78, 5) is 0. The second kappa shape index (κ2) is 5.85. The van der Waals surface area contributed by atoms with Gasteiger partial charge < -0.3 is 10.4 Å². The van der Waals surface area contributed by atoms with Gasteiger partial charge in [0.25, 0.3) is 0 Å². The van der Waals surface area contributed by atoms with Crippen molar-refractivity contribution >= 4 is 11.6 Å². The quantitative estimate of drug-likeness (QED) is 0.844. The van der Waals surface area contributed by atoms with Crippen LogP contribution in [-0.4, -0.2) is 16.7 Å². The molecule has 0 saturated heterocycles. The zero-order valence-electron chi connectivity index (χ0n) is 11.0. The molecule has 2 unspecified atom stereocenters. The third-order valence-corrected chi connectivity index (χ3v) is 3.44. The molecule has 17 heavy (non-hydrogen) atoms. The summed E-state index contributed by atoms with van der Waals surface area (Å²) in [6, 6.07) is 8.13. The molecule has 0 radical (unpaired) electrons. The molecule has 1 rings (SSSR count). The lowest BCUT2D eigenvalue weighted by Crippen LogP contribution is -2.45. The number of aliphatic hydroxyl groups is 1. The van der Waals surface area contributed by atoms with E-state index in [4.69, 9.17) is 11.6 Å². The topological polar surface area (TPSA) is 32.3 Å². The number of hydrogen-bond donors (Lipinski definition) is 2. The number of hydrogen-bond acceptors (Lipinski definition) is 2. The van der Waals surface area contributed by atoms with Gasteiger partial charge in [0.15, 0.2) is 0 Å². The molecule has 2 N–H and O–H groups in total. The molecule has 0 aliphatic carbocycles. The maximum Gasteiger partial charge on any atom is 0.0741 e. The lowest BCUT2D eigenvalue weighted by Gasteiger charge is -2.31. The van der Waals surface area contributed by atoms with Gasteiger partial charge in [-0.15, -0.1) is 0 Å². The summed E-state index contributed by atoms with van der Waals surface area (Å²) in [5, 5.41) is 14.1. The number of rotatable bonds is 5. The van der Waals surface area contributed by atoms with Gasteiger partial charge >= 0.3 is 0 Å². The van der Waals surface area contributed by atoms with Crippen LogP contribution in [0.3, 0.4) is 0 Å². The van der Waals surface area contributed by atoms with Crippen LogP contribution >= 0.6 is 11.6 Å². The molecule has 0 heterocycles. The van der Waals surface area contributed by atoms with Crippen molar-refractivity contribution in [1.82, 2.24) is 5.32 Å². The zero-order chi connectivity index (χ0) is 13.1. The summed E-state index contributed by atoms with van der Waals surface area (Å²) < 4.78 is 0. The Labute approximate surface area is 109 Å². The van der Waals surface area contributed by atoms with E-state index in [0.29, 0.717) is 0 Å². The van der Waals surface area contributed by atoms with E-state index in [1.165, 1.54) is 5.56 Å². The van der Waals surface area contributed by atoms with Gasteiger partial charge in [0.1, 0.15) is 0 Å². The molecular weight excluding hydrogens is 234 g/mol. The minimum atomic E-state index is -0.722. The van der Waals surface area contributed by atoms with Crippen LogP contribution in [0.25, 0.3) is 0 Å². The lowest BCUT2D eigenvalue weighted by atomic mass is 9.97. The molecule has 1 aromatic rings. The van der Waals surface area contributed by atoms with Crippen LogP contribution in [-0.2, 0) is 0 Å². The molecule has 0 bridgehead atoms. The summed E-state index contributed by atoms with van der Waals surface area (Å²) in [5.41, 5.74) is 0.479. The first-order chi connectivity index (χ1) is 7.84. The molecule has 0 saturated carbocycles. The Morgan fingerprint density at radius 3 is 2.24 bits per heavy atom. The number of nitrogens with one attached hydrogen (secondary N) is 1. The van der Waals surface area contributed by atoms with Crippen molar-refractivity contribution < 1.29 is 5.11 Å². The first kappa shape index (κ1) is 14.5. The first-order valence-corrected chi connectivity index (χ1v) is 6.46. The fourth-order valence-corrected chi connectivity index (χ4v) is 1.78. The second-order valence-electron chi connectivity index (χ2n) is 5.05. The van der Waals surface area contributed by atoms with Gasteiger partial charge in [-0.3, -0.25) is 0 Å². The minimum Gasteiger partial charge on any atom is -0.389 e. The van der Waals surface area contributed by atoms with Gasteiger partial charge in [-0.2, -0.15) is 0 Å². The Bertz CT molecular complexity index is 342. The highest BCUT2D eigenvalue weighted by Crippen LogP contribution is 2.21. The molecule has 3 heteroatoms. The Hall–Kier alpha value is -0.570. The largest absolute Gasteiger partial charge is 0.389 e.